The fourth-order valence-corrected chi connectivity index (χ4v) is 5.58. The van der Waals surface area contributed by atoms with Crippen molar-refractivity contribution in [1.29, 1.82) is 0 Å². The molecule has 5 heterocycles. The van der Waals surface area contributed by atoms with Crippen LogP contribution in [0.25, 0.3) is 16.9 Å². The highest BCUT2D eigenvalue weighted by atomic mass is 19.2. The van der Waals surface area contributed by atoms with E-state index in [1.165, 1.54) is 0 Å². The molecular weight excluding hydrogens is 471 g/mol. The molecule has 0 aliphatic carbocycles. The lowest BCUT2D eigenvalue weighted by Crippen LogP contribution is -2.50. The molecule has 1 amide bonds. The summed E-state index contributed by atoms with van der Waals surface area (Å²) in [5.74, 6) is -4.19. The molecule has 1 saturated heterocycles. The molecule has 36 heavy (non-hydrogen) atoms. The fraction of sp³-hybridized carbons (Fsp3) is 0.320. The Bertz CT molecular complexity index is 1470. The number of aromatic nitrogens is 6. The maximum absolute atomic E-state index is 14.0. The first-order valence-corrected chi connectivity index (χ1v) is 11.7. The standard InChI is InChI=1S/C25H22F3N7O/c1-13-6-16(34-11-29-30-12-34)10-20(31-13)25(36)35-15-4-3-5-21(35)23-17(9-15)24(33(2)32-23)14-7-18(26)22(28)19(27)8-14/h6-8,10-12,15,21H,3-5,9H2,1-2H3/t15-,21+/m0/s1. The third-order valence-electron chi connectivity index (χ3n) is 7.04. The van der Waals surface area contributed by atoms with Crippen molar-refractivity contribution in [2.24, 2.45) is 7.05 Å². The van der Waals surface area contributed by atoms with Crippen molar-refractivity contribution < 1.29 is 18.0 Å². The summed E-state index contributed by atoms with van der Waals surface area (Å²) in [4.78, 5) is 20.2. The van der Waals surface area contributed by atoms with Crippen molar-refractivity contribution in [2.75, 3.05) is 0 Å². The van der Waals surface area contributed by atoms with Gasteiger partial charge in [0.15, 0.2) is 17.5 Å². The quantitative estimate of drug-likeness (QED) is 0.402. The van der Waals surface area contributed by atoms with Crippen molar-refractivity contribution in [3.8, 4) is 16.9 Å². The van der Waals surface area contributed by atoms with Crippen molar-refractivity contribution in [2.45, 2.75) is 44.7 Å². The molecule has 2 atom stereocenters. The number of piperidine rings is 1. The summed E-state index contributed by atoms with van der Waals surface area (Å²) in [6.07, 6.45) is 6.01. The van der Waals surface area contributed by atoms with E-state index >= 15 is 0 Å². The molecule has 0 N–H and O–H groups in total. The number of hydrogen-bond acceptors (Lipinski definition) is 5. The highest BCUT2D eigenvalue weighted by Gasteiger charge is 2.44. The molecule has 0 radical (unpaired) electrons. The highest BCUT2D eigenvalue weighted by Crippen LogP contribution is 2.45. The largest absolute Gasteiger partial charge is 0.325 e. The molecule has 0 spiro atoms. The highest BCUT2D eigenvalue weighted by molar-refractivity contribution is 5.94. The molecule has 1 aromatic carbocycles. The summed E-state index contributed by atoms with van der Waals surface area (Å²) in [5, 5.41) is 12.3. The van der Waals surface area contributed by atoms with Crippen LogP contribution in [0.4, 0.5) is 13.2 Å². The van der Waals surface area contributed by atoms with Crippen LogP contribution in [0.5, 0.6) is 0 Å². The molecule has 6 rings (SSSR count). The van der Waals surface area contributed by atoms with E-state index in [2.05, 4.69) is 20.3 Å². The van der Waals surface area contributed by atoms with Gasteiger partial charge in [-0.2, -0.15) is 5.10 Å². The predicted octanol–water partition coefficient (Wildman–Crippen LogP) is 4.08. The van der Waals surface area contributed by atoms with Gasteiger partial charge in [-0.3, -0.25) is 14.0 Å². The van der Waals surface area contributed by atoms with E-state index < -0.39 is 17.5 Å². The van der Waals surface area contributed by atoms with E-state index in [0.29, 0.717) is 35.6 Å². The van der Waals surface area contributed by atoms with E-state index in [1.54, 1.807) is 35.0 Å². The van der Waals surface area contributed by atoms with Gasteiger partial charge >= 0.3 is 0 Å². The number of rotatable bonds is 3. The molecule has 3 aromatic heterocycles. The van der Waals surface area contributed by atoms with Gasteiger partial charge in [0.25, 0.3) is 5.91 Å². The number of hydrogen-bond donors (Lipinski definition) is 0. The predicted molar refractivity (Wildman–Crippen MR) is 123 cm³/mol. The number of amides is 1. The second-order valence-corrected chi connectivity index (χ2v) is 9.33. The fourth-order valence-electron chi connectivity index (χ4n) is 5.58. The van der Waals surface area contributed by atoms with Gasteiger partial charge in [-0.25, -0.2) is 18.2 Å². The van der Waals surface area contributed by atoms with Gasteiger partial charge < -0.3 is 4.90 Å². The van der Waals surface area contributed by atoms with Gasteiger partial charge in [0, 0.05) is 29.9 Å². The van der Waals surface area contributed by atoms with Gasteiger partial charge in [0.2, 0.25) is 0 Å². The van der Waals surface area contributed by atoms with Crippen LogP contribution in [0, 0.1) is 24.4 Å². The van der Waals surface area contributed by atoms with Crippen LogP contribution in [-0.4, -0.2) is 46.4 Å². The van der Waals surface area contributed by atoms with Gasteiger partial charge in [-0.15, -0.1) is 10.2 Å². The number of halogens is 3. The number of nitrogens with zero attached hydrogens (tertiary/aromatic N) is 7. The van der Waals surface area contributed by atoms with Gasteiger partial charge in [-0.05, 0) is 56.9 Å². The third kappa shape index (κ3) is 3.49. The number of pyridine rings is 1. The number of carbonyl (C=O) groups excluding carboxylic acids is 1. The van der Waals surface area contributed by atoms with Crippen LogP contribution in [-0.2, 0) is 13.5 Å². The van der Waals surface area contributed by atoms with Crippen molar-refractivity contribution in [3.63, 3.8) is 0 Å². The number of benzene rings is 1. The Labute approximate surface area is 204 Å². The molecule has 1 fully saturated rings. The molecule has 4 aromatic rings. The van der Waals surface area contributed by atoms with Gasteiger partial charge in [0.1, 0.15) is 18.3 Å². The summed E-state index contributed by atoms with van der Waals surface area (Å²) < 4.78 is 44.9. The lowest BCUT2D eigenvalue weighted by Gasteiger charge is -2.45. The molecule has 11 heteroatoms. The SMILES string of the molecule is Cc1cc(-n2cnnc2)cc(C(=O)N2[C@H]3CCC[C@@H]2c2nn(C)c(-c4cc(F)c(F)c(F)c4)c2C3)n1. The Hall–Kier alpha value is -4.02. The molecule has 2 aliphatic rings. The maximum Gasteiger partial charge on any atom is 0.273 e. The Morgan fingerprint density at radius 2 is 1.75 bits per heavy atom. The third-order valence-corrected chi connectivity index (χ3v) is 7.04. The topological polar surface area (TPSA) is 81.7 Å². The first kappa shape index (κ1) is 22.4. The van der Waals surface area contributed by atoms with Crippen LogP contribution in [0.3, 0.4) is 0 Å². The molecule has 2 aliphatic heterocycles. The molecule has 0 saturated carbocycles. The Kier molecular flexibility index (Phi) is 5.16. The van der Waals surface area contributed by atoms with Gasteiger partial charge in [0.05, 0.1) is 23.1 Å². The summed E-state index contributed by atoms with van der Waals surface area (Å²) in [6.45, 7) is 1.83. The number of aryl methyl sites for hydroxylation is 2. The summed E-state index contributed by atoms with van der Waals surface area (Å²) >= 11 is 0. The number of fused-ring (bicyclic) bond motifs is 4. The number of carbonyl (C=O) groups is 1. The smallest absolute Gasteiger partial charge is 0.273 e. The van der Waals surface area contributed by atoms with E-state index in [-0.39, 0.29) is 23.6 Å². The lowest BCUT2D eigenvalue weighted by atomic mass is 9.81. The lowest BCUT2D eigenvalue weighted by molar-refractivity contribution is 0.0385. The maximum atomic E-state index is 14.0. The second-order valence-electron chi connectivity index (χ2n) is 9.33. The molecule has 8 nitrogen and oxygen atoms in total. The summed E-state index contributed by atoms with van der Waals surface area (Å²) in [6, 6.07) is 5.13. The molecule has 184 valence electrons. The Morgan fingerprint density at radius 3 is 2.47 bits per heavy atom. The summed E-state index contributed by atoms with van der Waals surface area (Å²) in [7, 11) is 1.69. The van der Waals surface area contributed by atoms with Crippen LogP contribution in [0.2, 0.25) is 0 Å². The van der Waals surface area contributed by atoms with E-state index in [4.69, 9.17) is 0 Å². The van der Waals surface area contributed by atoms with Crippen LogP contribution in [0.15, 0.2) is 36.9 Å². The zero-order valence-electron chi connectivity index (χ0n) is 19.6. The van der Waals surface area contributed by atoms with Crippen LogP contribution >= 0.6 is 0 Å². The Morgan fingerprint density at radius 1 is 1.03 bits per heavy atom. The van der Waals surface area contributed by atoms with Crippen molar-refractivity contribution in [3.05, 3.63) is 77.0 Å². The van der Waals surface area contributed by atoms with Crippen LogP contribution < -0.4 is 0 Å². The summed E-state index contributed by atoms with van der Waals surface area (Å²) in [5.41, 5.74) is 4.04. The first-order chi connectivity index (χ1) is 17.3. The van der Waals surface area contributed by atoms with E-state index in [1.807, 2.05) is 17.9 Å². The second kappa shape index (κ2) is 8.28. The Balaban J connectivity index is 1.41. The van der Waals surface area contributed by atoms with E-state index in [0.717, 1.165) is 36.2 Å². The normalized spacial score (nSPS) is 18.9. The monoisotopic (exact) mass is 493 g/mol. The first-order valence-electron chi connectivity index (χ1n) is 11.7. The van der Waals surface area contributed by atoms with Crippen molar-refractivity contribution >= 4 is 5.91 Å². The zero-order valence-corrected chi connectivity index (χ0v) is 19.6. The van der Waals surface area contributed by atoms with Crippen LogP contribution in [0.1, 0.15) is 52.7 Å². The molecular formula is C25H22F3N7O. The molecule has 0 unspecified atom stereocenters. The molecule has 2 bridgehead atoms. The zero-order chi connectivity index (χ0) is 25.1. The van der Waals surface area contributed by atoms with Gasteiger partial charge in [-0.1, -0.05) is 0 Å². The minimum Gasteiger partial charge on any atom is -0.325 e. The minimum absolute atomic E-state index is 0.123. The van der Waals surface area contributed by atoms with E-state index in [9.17, 15) is 18.0 Å². The average molecular weight is 493 g/mol. The van der Waals surface area contributed by atoms with Crippen molar-refractivity contribution in [1.82, 2.24) is 34.4 Å². The average Bonchev–Trinajstić information content (AvgIpc) is 3.49. The minimum atomic E-state index is -1.50.